The van der Waals surface area contributed by atoms with Gasteiger partial charge in [0.25, 0.3) is 5.91 Å². The van der Waals surface area contributed by atoms with E-state index in [1.807, 2.05) is 18.2 Å². The van der Waals surface area contributed by atoms with Gasteiger partial charge in [-0.1, -0.05) is 32.0 Å². The molecule has 0 bridgehead atoms. The van der Waals surface area contributed by atoms with Gasteiger partial charge in [-0.3, -0.25) is 9.78 Å². The zero-order chi connectivity index (χ0) is 19.4. The van der Waals surface area contributed by atoms with E-state index in [2.05, 4.69) is 29.5 Å². The predicted octanol–water partition coefficient (Wildman–Crippen LogP) is 3.06. The molecule has 3 rings (SSSR count). The first-order valence-corrected chi connectivity index (χ1v) is 11.1. The Morgan fingerprint density at radius 3 is 2.48 bits per heavy atom. The Hall–Kier alpha value is -2.41. The summed E-state index contributed by atoms with van der Waals surface area (Å²) < 4.78 is 23.2. The van der Waals surface area contributed by atoms with Crippen molar-refractivity contribution in [1.82, 2.24) is 4.98 Å². The van der Waals surface area contributed by atoms with Gasteiger partial charge in [-0.15, -0.1) is 0 Å². The monoisotopic (exact) mass is 387 g/mol. The lowest BCUT2D eigenvalue weighted by molar-refractivity contribution is 0.102. The predicted molar refractivity (Wildman–Crippen MR) is 108 cm³/mol. The molecule has 2 heterocycles. The molecule has 2 aromatic rings. The summed E-state index contributed by atoms with van der Waals surface area (Å²) in [5.74, 6) is 0.0605. The fraction of sp³-hybridized carbons (Fsp3) is 0.400. The standard InChI is InChI=1S/C20H25N3O3S/c1-3-14-6-5-7-15(4-2)19(14)23-20(24)18-12-16(8-10-21-18)22-17-9-11-27(25,26)13-17/h5-8,10,12,17H,3-4,9,11,13H2,1-2H3,(H,21,22)(H,23,24). The molecular weight excluding hydrogens is 362 g/mol. The highest BCUT2D eigenvalue weighted by Crippen LogP contribution is 2.24. The molecule has 1 atom stereocenters. The van der Waals surface area contributed by atoms with E-state index >= 15 is 0 Å². The number of nitrogens with zero attached hydrogens (tertiary/aromatic N) is 1. The van der Waals surface area contributed by atoms with E-state index < -0.39 is 9.84 Å². The Bertz CT molecular complexity index is 919. The third-order valence-electron chi connectivity index (χ3n) is 4.83. The largest absolute Gasteiger partial charge is 0.381 e. The van der Waals surface area contributed by atoms with Gasteiger partial charge < -0.3 is 10.6 Å². The van der Waals surface area contributed by atoms with Crippen LogP contribution in [0.15, 0.2) is 36.5 Å². The maximum atomic E-state index is 12.7. The first kappa shape index (κ1) is 19.4. The average molecular weight is 388 g/mol. The second-order valence-electron chi connectivity index (χ2n) is 6.79. The molecule has 1 fully saturated rings. The van der Waals surface area contributed by atoms with Crippen LogP contribution < -0.4 is 10.6 Å². The molecule has 0 radical (unpaired) electrons. The van der Waals surface area contributed by atoms with Crippen molar-refractivity contribution in [3.05, 3.63) is 53.3 Å². The lowest BCUT2D eigenvalue weighted by atomic mass is 10.0. The Labute approximate surface area is 160 Å². The van der Waals surface area contributed by atoms with Gasteiger partial charge in [0, 0.05) is 23.6 Å². The Balaban J connectivity index is 1.77. The summed E-state index contributed by atoms with van der Waals surface area (Å²) in [5.41, 5.74) is 4.04. The molecule has 6 nitrogen and oxygen atoms in total. The first-order valence-electron chi connectivity index (χ1n) is 9.27. The Morgan fingerprint density at radius 2 is 1.89 bits per heavy atom. The molecule has 7 heteroatoms. The minimum absolute atomic E-state index is 0.124. The second kappa shape index (κ2) is 8.08. The third kappa shape index (κ3) is 4.66. The fourth-order valence-corrected chi connectivity index (χ4v) is 5.04. The number of carbonyl (C=O) groups excluding carboxylic acids is 1. The molecule has 27 heavy (non-hydrogen) atoms. The molecular formula is C20H25N3O3S. The van der Waals surface area contributed by atoms with E-state index in [-0.39, 0.29) is 23.5 Å². The molecule has 1 amide bonds. The van der Waals surface area contributed by atoms with E-state index in [1.54, 1.807) is 18.3 Å². The van der Waals surface area contributed by atoms with E-state index in [4.69, 9.17) is 0 Å². The van der Waals surface area contributed by atoms with Crippen molar-refractivity contribution in [3.8, 4) is 0 Å². The Kier molecular flexibility index (Phi) is 5.79. The minimum Gasteiger partial charge on any atom is -0.381 e. The van der Waals surface area contributed by atoms with Crippen molar-refractivity contribution in [1.29, 1.82) is 0 Å². The minimum atomic E-state index is -2.96. The highest BCUT2D eigenvalue weighted by Gasteiger charge is 2.27. The van der Waals surface area contributed by atoms with Crippen molar-refractivity contribution >= 4 is 27.1 Å². The van der Waals surface area contributed by atoms with Gasteiger partial charge in [-0.2, -0.15) is 0 Å². The molecule has 144 valence electrons. The number of carbonyl (C=O) groups is 1. The van der Waals surface area contributed by atoms with Crippen LogP contribution in [0.2, 0.25) is 0 Å². The van der Waals surface area contributed by atoms with Crippen LogP contribution in [0.3, 0.4) is 0 Å². The molecule has 1 aliphatic heterocycles. The Morgan fingerprint density at radius 1 is 1.19 bits per heavy atom. The zero-order valence-corrected chi connectivity index (χ0v) is 16.5. The molecule has 2 N–H and O–H groups in total. The SMILES string of the molecule is CCc1cccc(CC)c1NC(=O)c1cc(NC2CCS(=O)(=O)C2)ccn1. The van der Waals surface area contributed by atoms with Crippen LogP contribution in [0.25, 0.3) is 0 Å². The van der Waals surface area contributed by atoms with Crippen molar-refractivity contribution in [3.63, 3.8) is 0 Å². The maximum Gasteiger partial charge on any atom is 0.274 e. The van der Waals surface area contributed by atoms with Crippen LogP contribution in [0.4, 0.5) is 11.4 Å². The molecule has 1 aromatic carbocycles. The average Bonchev–Trinajstić information content (AvgIpc) is 3.00. The molecule has 0 aliphatic carbocycles. The number of hydrogen-bond acceptors (Lipinski definition) is 5. The number of amides is 1. The molecule has 0 spiro atoms. The van der Waals surface area contributed by atoms with Gasteiger partial charge >= 0.3 is 0 Å². The van der Waals surface area contributed by atoms with Crippen molar-refractivity contribution in [2.75, 3.05) is 22.1 Å². The number of rotatable bonds is 6. The van der Waals surface area contributed by atoms with Gasteiger partial charge in [-0.05, 0) is 42.5 Å². The van der Waals surface area contributed by atoms with Crippen LogP contribution >= 0.6 is 0 Å². The summed E-state index contributed by atoms with van der Waals surface area (Å²) in [4.78, 5) is 16.9. The van der Waals surface area contributed by atoms with Crippen LogP contribution in [0.5, 0.6) is 0 Å². The number of aryl methyl sites for hydroxylation is 2. The van der Waals surface area contributed by atoms with Gasteiger partial charge in [0.1, 0.15) is 5.69 Å². The van der Waals surface area contributed by atoms with Gasteiger partial charge in [0.05, 0.1) is 11.5 Å². The van der Waals surface area contributed by atoms with Gasteiger partial charge in [0.15, 0.2) is 9.84 Å². The summed E-state index contributed by atoms with van der Waals surface area (Å²) in [5, 5.41) is 6.21. The van der Waals surface area contributed by atoms with Gasteiger partial charge in [-0.25, -0.2) is 8.42 Å². The smallest absolute Gasteiger partial charge is 0.274 e. The van der Waals surface area contributed by atoms with Crippen LogP contribution in [0.1, 0.15) is 41.9 Å². The number of sulfone groups is 1. The summed E-state index contributed by atoms with van der Waals surface area (Å²) in [7, 11) is -2.96. The number of para-hydroxylation sites is 1. The molecule has 1 saturated heterocycles. The highest BCUT2D eigenvalue weighted by molar-refractivity contribution is 7.91. The summed E-state index contributed by atoms with van der Waals surface area (Å²) in [6.45, 7) is 4.12. The van der Waals surface area contributed by atoms with Crippen molar-refractivity contribution in [2.24, 2.45) is 0 Å². The number of nitrogens with one attached hydrogen (secondary N) is 2. The number of pyridine rings is 1. The molecule has 1 aliphatic rings. The van der Waals surface area contributed by atoms with Crippen molar-refractivity contribution < 1.29 is 13.2 Å². The van der Waals surface area contributed by atoms with E-state index in [0.717, 1.165) is 29.7 Å². The normalized spacial score (nSPS) is 18.2. The lowest BCUT2D eigenvalue weighted by Gasteiger charge is -2.15. The number of aromatic nitrogens is 1. The number of anilines is 2. The number of hydrogen-bond donors (Lipinski definition) is 2. The van der Waals surface area contributed by atoms with Crippen LogP contribution in [-0.2, 0) is 22.7 Å². The second-order valence-corrected chi connectivity index (χ2v) is 9.02. The van der Waals surface area contributed by atoms with Crippen molar-refractivity contribution in [2.45, 2.75) is 39.2 Å². The van der Waals surface area contributed by atoms with E-state index in [0.29, 0.717) is 17.8 Å². The fourth-order valence-electron chi connectivity index (χ4n) is 3.37. The third-order valence-corrected chi connectivity index (χ3v) is 6.60. The summed E-state index contributed by atoms with van der Waals surface area (Å²) in [6.07, 6.45) is 3.80. The zero-order valence-electron chi connectivity index (χ0n) is 15.7. The topological polar surface area (TPSA) is 88.2 Å². The van der Waals surface area contributed by atoms with Crippen LogP contribution in [-0.4, -0.2) is 36.9 Å². The van der Waals surface area contributed by atoms with E-state index in [1.165, 1.54) is 0 Å². The quantitative estimate of drug-likeness (QED) is 0.795. The lowest BCUT2D eigenvalue weighted by Crippen LogP contribution is -2.21. The van der Waals surface area contributed by atoms with E-state index in [9.17, 15) is 13.2 Å². The molecule has 1 unspecified atom stereocenters. The van der Waals surface area contributed by atoms with Crippen LogP contribution in [0, 0.1) is 0 Å². The molecule has 1 aromatic heterocycles. The maximum absolute atomic E-state index is 12.7. The molecule has 0 saturated carbocycles. The highest BCUT2D eigenvalue weighted by atomic mass is 32.2. The van der Waals surface area contributed by atoms with Gasteiger partial charge in [0.2, 0.25) is 0 Å². The summed E-state index contributed by atoms with van der Waals surface area (Å²) in [6, 6.07) is 9.33. The number of benzene rings is 1. The summed E-state index contributed by atoms with van der Waals surface area (Å²) >= 11 is 0. The first-order chi connectivity index (χ1) is 12.9.